The Morgan fingerprint density at radius 2 is 1.59 bits per heavy atom. The van der Waals surface area contributed by atoms with E-state index in [4.69, 9.17) is 0 Å². The van der Waals surface area contributed by atoms with Gasteiger partial charge in [0.05, 0.1) is 27.2 Å². The first-order chi connectivity index (χ1) is 13.8. The number of non-ortho nitro benzene ring substituents is 2. The molecule has 11 nitrogen and oxygen atoms in total. The van der Waals surface area contributed by atoms with Crippen molar-refractivity contribution in [3.8, 4) is 5.75 Å². The summed E-state index contributed by atoms with van der Waals surface area (Å²) >= 11 is 0. The summed E-state index contributed by atoms with van der Waals surface area (Å²) in [5.74, 6) is -0.428. The molecule has 0 aliphatic carbocycles. The van der Waals surface area contributed by atoms with Crippen LogP contribution in [0.2, 0.25) is 0 Å². The Balaban J connectivity index is 1.89. The van der Waals surface area contributed by atoms with Crippen LogP contribution in [0.5, 0.6) is 5.75 Å². The van der Waals surface area contributed by atoms with Crippen molar-refractivity contribution in [2.24, 2.45) is 0 Å². The molecule has 0 aliphatic heterocycles. The zero-order valence-electron chi connectivity index (χ0n) is 14.6. The molecule has 0 unspecified atom stereocenters. The molecule has 0 bridgehead atoms. The van der Waals surface area contributed by atoms with Gasteiger partial charge in [0.1, 0.15) is 5.75 Å². The third kappa shape index (κ3) is 4.60. The number of pyridine rings is 1. The molecule has 0 saturated heterocycles. The van der Waals surface area contributed by atoms with Gasteiger partial charge in [0.25, 0.3) is 17.3 Å². The number of aromatic nitrogens is 1. The molecule has 0 spiro atoms. The summed E-state index contributed by atoms with van der Waals surface area (Å²) in [6.07, 6.45) is 1.48. The summed E-state index contributed by atoms with van der Waals surface area (Å²) in [6, 6.07) is 11.9. The highest BCUT2D eigenvalue weighted by Gasteiger charge is 2.20. The average Bonchev–Trinajstić information content (AvgIpc) is 2.70. The molecule has 1 aromatic heterocycles. The number of anilines is 3. The molecule has 0 fully saturated rings. The predicted octanol–water partition coefficient (Wildman–Crippen LogP) is 3.60. The number of aromatic hydroxyl groups is 1. The van der Waals surface area contributed by atoms with E-state index in [1.807, 2.05) is 0 Å². The van der Waals surface area contributed by atoms with E-state index in [0.29, 0.717) is 5.69 Å². The summed E-state index contributed by atoms with van der Waals surface area (Å²) in [4.78, 5) is 37.1. The zero-order valence-corrected chi connectivity index (χ0v) is 14.6. The fourth-order valence-corrected chi connectivity index (χ4v) is 2.42. The van der Waals surface area contributed by atoms with Gasteiger partial charge in [-0.05, 0) is 36.4 Å². The molecule has 11 heteroatoms. The minimum Gasteiger partial charge on any atom is -0.508 e. The van der Waals surface area contributed by atoms with Crippen molar-refractivity contribution >= 4 is 34.5 Å². The van der Waals surface area contributed by atoms with Crippen LogP contribution in [0.3, 0.4) is 0 Å². The van der Waals surface area contributed by atoms with Gasteiger partial charge in [-0.2, -0.15) is 0 Å². The number of amides is 1. The number of benzene rings is 2. The lowest BCUT2D eigenvalue weighted by Crippen LogP contribution is -2.14. The minimum atomic E-state index is -0.814. The van der Waals surface area contributed by atoms with E-state index in [0.717, 1.165) is 18.2 Å². The molecule has 0 aliphatic rings. The Hall–Kier alpha value is -4.54. The van der Waals surface area contributed by atoms with Gasteiger partial charge >= 0.3 is 0 Å². The molecule has 1 amide bonds. The van der Waals surface area contributed by atoms with Crippen LogP contribution < -0.4 is 10.6 Å². The quantitative estimate of drug-likeness (QED) is 0.324. The minimum absolute atomic E-state index is 0.0809. The maximum atomic E-state index is 12.6. The average molecular weight is 395 g/mol. The van der Waals surface area contributed by atoms with Crippen molar-refractivity contribution in [3.63, 3.8) is 0 Å². The maximum absolute atomic E-state index is 12.6. The molecular formula is C18H13N5O6. The van der Waals surface area contributed by atoms with Crippen molar-refractivity contribution < 1.29 is 19.7 Å². The highest BCUT2D eigenvalue weighted by molar-refractivity contribution is 6.06. The van der Waals surface area contributed by atoms with E-state index in [-0.39, 0.29) is 22.8 Å². The summed E-state index contributed by atoms with van der Waals surface area (Å²) in [5, 5.41) is 36.9. The fraction of sp³-hybridized carbons (Fsp3) is 0. The molecule has 3 rings (SSSR count). The van der Waals surface area contributed by atoms with Crippen molar-refractivity contribution in [2.75, 3.05) is 10.6 Å². The number of carbonyl (C=O) groups excluding carboxylic acids is 1. The summed E-state index contributed by atoms with van der Waals surface area (Å²) in [7, 11) is 0. The van der Waals surface area contributed by atoms with Gasteiger partial charge in [-0.3, -0.25) is 25.0 Å². The van der Waals surface area contributed by atoms with E-state index < -0.39 is 27.1 Å². The van der Waals surface area contributed by atoms with Crippen LogP contribution in [0, 0.1) is 20.2 Å². The van der Waals surface area contributed by atoms with E-state index in [1.54, 1.807) is 24.3 Å². The van der Waals surface area contributed by atoms with Crippen LogP contribution in [0.15, 0.2) is 60.8 Å². The number of nitro groups is 2. The Kier molecular flexibility index (Phi) is 5.30. The topological polar surface area (TPSA) is 161 Å². The summed E-state index contributed by atoms with van der Waals surface area (Å²) in [6.45, 7) is 0. The van der Waals surface area contributed by atoms with Gasteiger partial charge in [0, 0.05) is 24.0 Å². The Labute approximate surface area is 162 Å². The van der Waals surface area contributed by atoms with Crippen LogP contribution in [0.4, 0.5) is 28.6 Å². The predicted molar refractivity (Wildman–Crippen MR) is 103 cm³/mol. The lowest BCUT2D eigenvalue weighted by Gasteiger charge is -2.12. The monoisotopic (exact) mass is 395 g/mol. The number of nitrogens with zero attached hydrogens (tertiary/aromatic N) is 3. The van der Waals surface area contributed by atoms with Crippen LogP contribution >= 0.6 is 0 Å². The molecule has 3 aromatic rings. The van der Waals surface area contributed by atoms with Crippen molar-refractivity contribution in [2.45, 2.75) is 0 Å². The molecule has 0 saturated carbocycles. The highest BCUT2D eigenvalue weighted by Crippen LogP contribution is 2.26. The second kappa shape index (κ2) is 8.00. The first-order valence-corrected chi connectivity index (χ1v) is 8.10. The molecule has 1 heterocycles. The Bertz CT molecular complexity index is 1070. The SMILES string of the molecule is O=C(Nc1cccnc1Nc1ccc(O)cc1)c1cc([N+](=O)[O-])cc([N+](=O)[O-])c1. The second-order valence-electron chi connectivity index (χ2n) is 5.78. The lowest BCUT2D eigenvalue weighted by molar-refractivity contribution is -0.394. The smallest absolute Gasteiger partial charge is 0.277 e. The number of carbonyl (C=O) groups is 1. The lowest BCUT2D eigenvalue weighted by atomic mass is 10.1. The molecule has 146 valence electrons. The first kappa shape index (κ1) is 19.2. The largest absolute Gasteiger partial charge is 0.508 e. The third-order valence-electron chi connectivity index (χ3n) is 3.77. The van der Waals surface area contributed by atoms with Crippen molar-refractivity contribution in [1.29, 1.82) is 0 Å². The molecular weight excluding hydrogens is 382 g/mol. The van der Waals surface area contributed by atoms with Crippen LogP contribution in [0.25, 0.3) is 0 Å². The summed E-state index contributed by atoms with van der Waals surface area (Å²) < 4.78 is 0. The van der Waals surface area contributed by atoms with Gasteiger partial charge in [-0.25, -0.2) is 4.98 Å². The number of rotatable bonds is 6. The van der Waals surface area contributed by atoms with E-state index in [2.05, 4.69) is 15.6 Å². The number of nitro benzene ring substituents is 2. The molecule has 3 N–H and O–H groups in total. The van der Waals surface area contributed by atoms with E-state index >= 15 is 0 Å². The number of nitrogens with one attached hydrogen (secondary N) is 2. The molecule has 29 heavy (non-hydrogen) atoms. The maximum Gasteiger partial charge on any atom is 0.277 e. The third-order valence-corrected chi connectivity index (χ3v) is 3.77. The Morgan fingerprint density at radius 3 is 2.17 bits per heavy atom. The number of hydrogen-bond donors (Lipinski definition) is 3. The zero-order chi connectivity index (χ0) is 21.0. The first-order valence-electron chi connectivity index (χ1n) is 8.10. The summed E-state index contributed by atoms with van der Waals surface area (Å²) in [5.41, 5.74) is -0.552. The normalized spacial score (nSPS) is 10.2. The van der Waals surface area contributed by atoms with Crippen molar-refractivity contribution in [1.82, 2.24) is 4.98 Å². The Morgan fingerprint density at radius 1 is 0.966 bits per heavy atom. The highest BCUT2D eigenvalue weighted by atomic mass is 16.6. The van der Waals surface area contributed by atoms with Crippen molar-refractivity contribution in [3.05, 3.63) is 86.6 Å². The van der Waals surface area contributed by atoms with Gasteiger partial charge in [-0.15, -0.1) is 0 Å². The van der Waals surface area contributed by atoms with Gasteiger partial charge in [-0.1, -0.05) is 0 Å². The molecule has 0 radical (unpaired) electrons. The molecule has 0 atom stereocenters. The van der Waals surface area contributed by atoms with Crippen LogP contribution in [-0.2, 0) is 0 Å². The van der Waals surface area contributed by atoms with Crippen LogP contribution in [-0.4, -0.2) is 25.8 Å². The number of phenols is 1. The molecule has 2 aromatic carbocycles. The fourth-order valence-electron chi connectivity index (χ4n) is 2.42. The standard InChI is InChI=1S/C18H13N5O6/c24-15-5-3-12(4-6-15)20-17-16(2-1-7-19-17)21-18(25)11-8-13(22(26)27)10-14(9-11)23(28)29/h1-10,24H,(H,19,20)(H,21,25). The van der Waals surface area contributed by atoms with Gasteiger partial charge < -0.3 is 15.7 Å². The second-order valence-corrected chi connectivity index (χ2v) is 5.78. The number of phenolic OH excluding ortho intramolecular Hbond substituents is 1. The van der Waals surface area contributed by atoms with E-state index in [9.17, 15) is 30.1 Å². The van der Waals surface area contributed by atoms with Gasteiger partial charge in [0.2, 0.25) is 0 Å². The number of hydrogen-bond acceptors (Lipinski definition) is 8. The van der Waals surface area contributed by atoms with Gasteiger partial charge in [0.15, 0.2) is 5.82 Å². The van der Waals surface area contributed by atoms with E-state index in [1.165, 1.54) is 18.3 Å². The van der Waals surface area contributed by atoms with Crippen LogP contribution in [0.1, 0.15) is 10.4 Å².